The van der Waals surface area contributed by atoms with E-state index in [1.165, 1.54) is 17.8 Å². The zero-order valence-electron chi connectivity index (χ0n) is 8.86. The Bertz CT molecular complexity index is 513. The average Bonchev–Trinajstić information content (AvgIpc) is 2.30. The van der Waals surface area contributed by atoms with E-state index in [1.54, 1.807) is 30.5 Å². The van der Waals surface area contributed by atoms with E-state index in [9.17, 15) is 4.39 Å². The number of rotatable bonds is 3. The zero-order valence-corrected chi connectivity index (χ0v) is 10.4. The molecule has 0 aliphatic heterocycles. The van der Waals surface area contributed by atoms with Crippen LogP contribution in [0.2, 0.25) is 5.02 Å². The molecule has 0 aliphatic carbocycles. The smallest absolute Gasteiger partial charge is 0.128 e. The fraction of sp³-hybridized carbons (Fsp3) is 0.0833. The van der Waals surface area contributed by atoms with Gasteiger partial charge in [-0.05, 0) is 24.3 Å². The topological polar surface area (TPSA) is 38.9 Å². The normalized spacial score (nSPS) is 10.5. The number of nitrogens with two attached hydrogens (primary N) is 1. The van der Waals surface area contributed by atoms with Gasteiger partial charge in [0.2, 0.25) is 0 Å². The third-order valence-corrected chi connectivity index (χ3v) is 3.62. The number of nitrogen functional groups attached to an aromatic ring is 1. The third-order valence-electron chi connectivity index (χ3n) is 2.22. The summed E-state index contributed by atoms with van der Waals surface area (Å²) in [6.45, 7) is 0. The van der Waals surface area contributed by atoms with Crippen LogP contribution in [0.4, 0.5) is 10.1 Å². The first-order valence-electron chi connectivity index (χ1n) is 4.94. The second-order valence-electron chi connectivity index (χ2n) is 3.39. The molecule has 17 heavy (non-hydrogen) atoms. The molecule has 2 N–H and O–H groups in total. The maximum absolute atomic E-state index is 13.5. The molecule has 0 fully saturated rings. The van der Waals surface area contributed by atoms with E-state index in [2.05, 4.69) is 4.98 Å². The summed E-state index contributed by atoms with van der Waals surface area (Å²) in [5.41, 5.74) is 6.81. The van der Waals surface area contributed by atoms with Crippen LogP contribution in [-0.2, 0) is 5.75 Å². The summed E-state index contributed by atoms with van der Waals surface area (Å²) in [6.07, 6.45) is 1.65. The SMILES string of the molecule is Nc1cccnc1SCc1c(F)cccc1Cl. The number of nitrogens with zero attached hydrogens (tertiary/aromatic N) is 1. The van der Waals surface area contributed by atoms with E-state index in [0.29, 0.717) is 27.1 Å². The number of halogens is 2. The second-order valence-corrected chi connectivity index (χ2v) is 4.76. The molecule has 0 bridgehead atoms. The average molecular weight is 269 g/mol. The predicted molar refractivity (Wildman–Crippen MR) is 69.6 cm³/mol. The van der Waals surface area contributed by atoms with Gasteiger partial charge in [0.25, 0.3) is 0 Å². The molecule has 0 saturated carbocycles. The van der Waals surface area contributed by atoms with Crippen molar-refractivity contribution < 1.29 is 4.39 Å². The van der Waals surface area contributed by atoms with E-state index >= 15 is 0 Å². The first kappa shape index (κ1) is 12.2. The maximum Gasteiger partial charge on any atom is 0.128 e. The molecular formula is C12H10ClFN2S. The number of benzene rings is 1. The van der Waals surface area contributed by atoms with E-state index in [1.807, 2.05) is 0 Å². The van der Waals surface area contributed by atoms with Crippen molar-refractivity contribution in [3.63, 3.8) is 0 Å². The van der Waals surface area contributed by atoms with Crippen LogP contribution < -0.4 is 5.73 Å². The van der Waals surface area contributed by atoms with Gasteiger partial charge in [-0.1, -0.05) is 29.4 Å². The van der Waals surface area contributed by atoms with Gasteiger partial charge in [-0.25, -0.2) is 9.37 Å². The van der Waals surface area contributed by atoms with Crippen LogP contribution in [0.3, 0.4) is 0 Å². The van der Waals surface area contributed by atoms with Gasteiger partial charge in [0.15, 0.2) is 0 Å². The van der Waals surface area contributed by atoms with Crippen LogP contribution in [-0.4, -0.2) is 4.98 Å². The van der Waals surface area contributed by atoms with Crippen molar-refractivity contribution >= 4 is 29.1 Å². The van der Waals surface area contributed by atoms with Crippen LogP contribution in [0.15, 0.2) is 41.6 Å². The van der Waals surface area contributed by atoms with Gasteiger partial charge in [-0.3, -0.25) is 0 Å². The Hall–Kier alpha value is -1.26. The predicted octanol–water partition coefficient (Wildman–Crippen LogP) is 3.75. The van der Waals surface area contributed by atoms with Crippen LogP contribution in [0.25, 0.3) is 0 Å². The second kappa shape index (κ2) is 5.38. The highest BCUT2D eigenvalue weighted by atomic mass is 35.5. The summed E-state index contributed by atoms with van der Waals surface area (Å²) in [6, 6.07) is 8.17. The van der Waals surface area contributed by atoms with Gasteiger partial charge in [0.1, 0.15) is 10.8 Å². The van der Waals surface area contributed by atoms with Gasteiger partial charge >= 0.3 is 0 Å². The van der Waals surface area contributed by atoms with E-state index in [4.69, 9.17) is 17.3 Å². The molecule has 0 aliphatic rings. The fourth-order valence-corrected chi connectivity index (χ4v) is 2.59. The summed E-state index contributed by atoms with van der Waals surface area (Å²) in [4.78, 5) is 4.13. The highest BCUT2D eigenvalue weighted by molar-refractivity contribution is 7.98. The summed E-state index contributed by atoms with van der Waals surface area (Å²) in [5.74, 6) is 0.103. The van der Waals surface area contributed by atoms with Crippen molar-refractivity contribution in [3.05, 3.63) is 52.9 Å². The number of hydrogen-bond donors (Lipinski definition) is 1. The molecule has 0 radical (unpaired) electrons. The van der Waals surface area contributed by atoms with Crippen LogP contribution >= 0.6 is 23.4 Å². The highest BCUT2D eigenvalue weighted by Gasteiger charge is 2.08. The van der Waals surface area contributed by atoms with Crippen molar-refractivity contribution in [1.29, 1.82) is 0 Å². The standard InChI is InChI=1S/C12H10ClFN2S/c13-9-3-1-4-10(14)8(9)7-17-12-11(15)5-2-6-16-12/h1-6H,7,15H2. The molecular weight excluding hydrogens is 259 g/mol. The van der Waals surface area contributed by atoms with E-state index in [0.717, 1.165) is 0 Å². The lowest BCUT2D eigenvalue weighted by Gasteiger charge is -2.06. The van der Waals surface area contributed by atoms with Crippen LogP contribution in [0, 0.1) is 5.82 Å². The molecule has 0 atom stereocenters. The van der Waals surface area contributed by atoms with E-state index in [-0.39, 0.29) is 5.82 Å². The minimum Gasteiger partial charge on any atom is -0.397 e. The quantitative estimate of drug-likeness (QED) is 0.862. The molecule has 0 amide bonds. The number of anilines is 1. The van der Waals surface area contributed by atoms with Gasteiger partial charge < -0.3 is 5.73 Å². The fourth-order valence-electron chi connectivity index (χ4n) is 1.33. The Kier molecular flexibility index (Phi) is 3.86. The number of pyridine rings is 1. The highest BCUT2D eigenvalue weighted by Crippen LogP contribution is 2.29. The van der Waals surface area contributed by atoms with E-state index < -0.39 is 0 Å². The maximum atomic E-state index is 13.5. The lowest BCUT2D eigenvalue weighted by atomic mass is 10.2. The Morgan fingerprint density at radius 1 is 1.29 bits per heavy atom. The lowest BCUT2D eigenvalue weighted by molar-refractivity contribution is 0.617. The van der Waals surface area contributed by atoms with Gasteiger partial charge in [-0.15, -0.1) is 0 Å². The van der Waals surface area contributed by atoms with Crippen molar-refractivity contribution in [2.45, 2.75) is 10.8 Å². The minimum atomic E-state index is -0.306. The molecule has 1 heterocycles. The van der Waals surface area contributed by atoms with Crippen molar-refractivity contribution in [1.82, 2.24) is 4.98 Å². The number of hydrogen-bond acceptors (Lipinski definition) is 3. The number of thioether (sulfide) groups is 1. The molecule has 2 nitrogen and oxygen atoms in total. The summed E-state index contributed by atoms with van der Waals surface area (Å²) < 4.78 is 13.5. The van der Waals surface area contributed by atoms with Crippen molar-refractivity contribution in [2.75, 3.05) is 5.73 Å². The zero-order chi connectivity index (χ0) is 12.3. The van der Waals surface area contributed by atoms with Crippen molar-refractivity contribution in [2.24, 2.45) is 0 Å². The summed E-state index contributed by atoms with van der Waals surface area (Å²) in [5, 5.41) is 1.11. The Morgan fingerprint density at radius 2 is 2.12 bits per heavy atom. The van der Waals surface area contributed by atoms with Gasteiger partial charge in [-0.2, -0.15) is 0 Å². The Balaban J connectivity index is 2.16. The first-order valence-corrected chi connectivity index (χ1v) is 6.31. The minimum absolute atomic E-state index is 0.306. The van der Waals surface area contributed by atoms with Gasteiger partial charge in [0, 0.05) is 22.5 Å². The lowest BCUT2D eigenvalue weighted by Crippen LogP contribution is -1.93. The molecule has 1 aromatic carbocycles. The first-order chi connectivity index (χ1) is 8.18. The molecule has 0 saturated heterocycles. The molecule has 2 aromatic rings. The van der Waals surface area contributed by atoms with Crippen molar-refractivity contribution in [3.8, 4) is 0 Å². The largest absolute Gasteiger partial charge is 0.397 e. The Labute approximate surface area is 108 Å². The van der Waals surface area contributed by atoms with Crippen LogP contribution in [0.5, 0.6) is 0 Å². The molecule has 1 aromatic heterocycles. The molecule has 0 spiro atoms. The number of aromatic nitrogens is 1. The monoisotopic (exact) mass is 268 g/mol. The molecule has 88 valence electrons. The molecule has 5 heteroatoms. The molecule has 0 unspecified atom stereocenters. The summed E-state index contributed by atoms with van der Waals surface area (Å²) >= 11 is 7.30. The van der Waals surface area contributed by atoms with Gasteiger partial charge in [0.05, 0.1) is 5.69 Å². The Morgan fingerprint density at radius 3 is 2.82 bits per heavy atom. The third kappa shape index (κ3) is 2.90. The summed E-state index contributed by atoms with van der Waals surface area (Å²) in [7, 11) is 0. The van der Waals surface area contributed by atoms with Crippen LogP contribution in [0.1, 0.15) is 5.56 Å². The molecule has 2 rings (SSSR count).